The lowest BCUT2D eigenvalue weighted by Crippen LogP contribution is -2.29. The van der Waals surface area contributed by atoms with Crippen LogP contribution in [-0.2, 0) is 21.0 Å². The van der Waals surface area contributed by atoms with Crippen molar-refractivity contribution in [3.8, 4) is 0 Å². The maximum absolute atomic E-state index is 5.91. The SMILES string of the molecule is Cc1ccc(C(C)(C)OOC(C)(C)c2ccccc2)cc1C(C)C. The van der Waals surface area contributed by atoms with Gasteiger partial charge >= 0.3 is 0 Å². The molecule has 0 unspecified atom stereocenters. The molecule has 0 saturated heterocycles. The van der Waals surface area contributed by atoms with Gasteiger partial charge in [-0.2, -0.15) is 0 Å². The summed E-state index contributed by atoms with van der Waals surface area (Å²) in [5, 5.41) is 0. The fourth-order valence-electron chi connectivity index (χ4n) is 2.78. The third-order valence-electron chi connectivity index (χ3n) is 4.52. The highest BCUT2D eigenvalue weighted by atomic mass is 17.2. The van der Waals surface area contributed by atoms with Gasteiger partial charge in [-0.3, -0.25) is 0 Å². The Balaban J connectivity index is 2.18. The first-order chi connectivity index (χ1) is 11.1. The van der Waals surface area contributed by atoms with Gasteiger partial charge in [-0.1, -0.05) is 62.4 Å². The molecule has 0 spiro atoms. The highest BCUT2D eigenvalue weighted by Crippen LogP contribution is 2.33. The van der Waals surface area contributed by atoms with Crippen molar-refractivity contribution in [3.05, 3.63) is 70.8 Å². The Bertz CT molecular complexity index is 670. The van der Waals surface area contributed by atoms with Crippen LogP contribution in [0.3, 0.4) is 0 Å². The van der Waals surface area contributed by atoms with E-state index in [-0.39, 0.29) is 0 Å². The lowest BCUT2D eigenvalue weighted by atomic mass is 9.90. The molecule has 0 saturated carbocycles. The molecule has 0 atom stereocenters. The van der Waals surface area contributed by atoms with Crippen LogP contribution in [-0.4, -0.2) is 0 Å². The standard InChI is InChI=1S/C22H30O2/c1-16(2)20-15-19(14-13-17(20)3)22(6,7)24-23-21(4,5)18-11-9-8-10-12-18/h8-16H,1-7H3. The summed E-state index contributed by atoms with van der Waals surface area (Å²) in [6.07, 6.45) is 0. The van der Waals surface area contributed by atoms with Crippen molar-refractivity contribution in [2.45, 2.75) is 65.6 Å². The van der Waals surface area contributed by atoms with Gasteiger partial charge in [-0.25, -0.2) is 9.78 Å². The Labute approximate surface area is 146 Å². The molecule has 0 aliphatic heterocycles. The van der Waals surface area contributed by atoms with Crippen molar-refractivity contribution in [2.75, 3.05) is 0 Å². The summed E-state index contributed by atoms with van der Waals surface area (Å²) in [5.74, 6) is 0.488. The molecule has 0 amide bonds. The van der Waals surface area contributed by atoms with Crippen molar-refractivity contribution in [1.29, 1.82) is 0 Å². The molecule has 0 aliphatic rings. The van der Waals surface area contributed by atoms with Crippen molar-refractivity contribution in [3.63, 3.8) is 0 Å². The van der Waals surface area contributed by atoms with Crippen molar-refractivity contribution >= 4 is 0 Å². The van der Waals surface area contributed by atoms with Crippen LogP contribution < -0.4 is 0 Å². The first-order valence-corrected chi connectivity index (χ1v) is 8.67. The number of hydrogen-bond acceptors (Lipinski definition) is 2. The first-order valence-electron chi connectivity index (χ1n) is 8.67. The van der Waals surface area contributed by atoms with E-state index >= 15 is 0 Å². The molecule has 0 aromatic heterocycles. The summed E-state index contributed by atoms with van der Waals surface area (Å²) in [6, 6.07) is 16.7. The van der Waals surface area contributed by atoms with Crippen molar-refractivity contribution in [2.24, 2.45) is 0 Å². The lowest BCUT2D eigenvalue weighted by Gasteiger charge is -2.32. The van der Waals surface area contributed by atoms with Gasteiger partial charge in [-0.15, -0.1) is 0 Å². The quantitative estimate of drug-likeness (QED) is 0.462. The predicted molar refractivity (Wildman–Crippen MR) is 99.9 cm³/mol. The Morgan fingerprint density at radius 1 is 0.750 bits per heavy atom. The molecule has 2 aromatic rings. The fourth-order valence-corrected chi connectivity index (χ4v) is 2.78. The molecule has 0 fully saturated rings. The van der Waals surface area contributed by atoms with Gasteiger partial charge < -0.3 is 0 Å². The Morgan fingerprint density at radius 2 is 1.29 bits per heavy atom. The Morgan fingerprint density at radius 3 is 1.83 bits per heavy atom. The van der Waals surface area contributed by atoms with Gasteiger partial charge in [0.05, 0.1) is 0 Å². The summed E-state index contributed by atoms with van der Waals surface area (Å²) >= 11 is 0. The molecular weight excluding hydrogens is 296 g/mol. The Hall–Kier alpha value is -1.64. The smallest absolute Gasteiger partial charge is 0.123 e. The van der Waals surface area contributed by atoms with E-state index in [1.165, 1.54) is 11.1 Å². The van der Waals surface area contributed by atoms with E-state index in [1.807, 2.05) is 45.9 Å². The maximum atomic E-state index is 5.91. The van der Waals surface area contributed by atoms with Crippen LogP contribution in [0.5, 0.6) is 0 Å². The lowest BCUT2D eigenvalue weighted by molar-refractivity contribution is -0.410. The normalized spacial score (nSPS) is 12.7. The molecular formula is C22H30O2. The summed E-state index contributed by atoms with van der Waals surface area (Å²) < 4.78 is 0. The summed E-state index contributed by atoms with van der Waals surface area (Å²) in [7, 11) is 0. The van der Waals surface area contributed by atoms with Crippen LogP contribution in [0.15, 0.2) is 48.5 Å². The van der Waals surface area contributed by atoms with Gasteiger partial charge in [0, 0.05) is 0 Å². The molecule has 0 aliphatic carbocycles. The minimum absolute atomic E-state index is 0.488. The van der Waals surface area contributed by atoms with E-state index in [9.17, 15) is 0 Å². The van der Waals surface area contributed by atoms with Crippen LogP contribution in [0.25, 0.3) is 0 Å². The van der Waals surface area contributed by atoms with Crippen LogP contribution in [0.1, 0.15) is 69.7 Å². The van der Waals surface area contributed by atoms with E-state index in [1.54, 1.807) is 0 Å². The van der Waals surface area contributed by atoms with E-state index in [0.717, 1.165) is 11.1 Å². The second-order valence-corrected chi connectivity index (χ2v) is 7.78. The Kier molecular flexibility index (Phi) is 5.52. The molecule has 0 heterocycles. The van der Waals surface area contributed by atoms with Crippen LogP contribution in [0, 0.1) is 6.92 Å². The number of hydrogen-bond donors (Lipinski definition) is 0. The zero-order valence-corrected chi connectivity index (χ0v) is 16.0. The van der Waals surface area contributed by atoms with Gasteiger partial charge in [0.15, 0.2) is 0 Å². The number of rotatable bonds is 6. The zero-order valence-electron chi connectivity index (χ0n) is 16.0. The molecule has 24 heavy (non-hydrogen) atoms. The monoisotopic (exact) mass is 326 g/mol. The number of aryl methyl sites for hydroxylation is 1. The van der Waals surface area contributed by atoms with Gasteiger partial charge in [0.25, 0.3) is 0 Å². The summed E-state index contributed by atoms with van der Waals surface area (Å²) in [6.45, 7) is 14.7. The average Bonchev–Trinajstić information content (AvgIpc) is 2.54. The topological polar surface area (TPSA) is 18.5 Å². The second kappa shape index (κ2) is 7.08. The molecule has 0 N–H and O–H groups in total. The fraction of sp³-hybridized carbons (Fsp3) is 0.455. The molecule has 2 rings (SSSR count). The third-order valence-corrected chi connectivity index (χ3v) is 4.52. The predicted octanol–water partition coefficient (Wildman–Crippen LogP) is 6.24. The largest absolute Gasteiger partial charge is 0.225 e. The summed E-state index contributed by atoms with van der Waals surface area (Å²) in [4.78, 5) is 11.8. The summed E-state index contributed by atoms with van der Waals surface area (Å²) in [5.41, 5.74) is 3.85. The molecule has 2 nitrogen and oxygen atoms in total. The second-order valence-electron chi connectivity index (χ2n) is 7.78. The van der Waals surface area contributed by atoms with E-state index in [4.69, 9.17) is 9.78 Å². The van der Waals surface area contributed by atoms with Crippen molar-refractivity contribution in [1.82, 2.24) is 0 Å². The maximum Gasteiger partial charge on any atom is 0.123 e. The number of benzene rings is 2. The molecule has 2 aromatic carbocycles. The van der Waals surface area contributed by atoms with Crippen LogP contribution in [0.4, 0.5) is 0 Å². The average molecular weight is 326 g/mol. The molecule has 0 bridgehead atoms. The molecule has 2 heteroatoms. The highest BCUT2D eigenvalue weighted by molar-refractivity contribution is 5.35. The van der Waals surface area contributed by atoms with Gasteiger partial charge in [0.1, 0.15) is 11.2 Å². The van der Waals surface area contributed by atoms with Crippen LogP contribution in [0.2, 0.25) is 0 Å². The zero-order chi connectivity index (χ0) is 18.0. The van der Waals surface area contributed by atoms with Crippen LogP contribution >= 0.6 is 0 Å². The highest BCUT2D eigenvalue weighted by Gasteiger charge is 2.30. The van der Waals surface area contributed by atoms with E-state index in [2.05, 4.69) is 51.1 Å². The van der Waals surface area contributed by atoms with Gasteiger partial charge in [0.2, 0.25) is 0 Å². The van der Waals surface area contributed by atoms with E-state index in [0.29, 0.717) is 5.92 Å². The van der Waals surface area contributed by atoms with E-state index < -0.39 is 11.2 Å². The first kappa shape index (κ1) is 18.7. The third kappa shape index (κ3) is 4.25. The van der Waals surface area contributed by atoms with Gasteiger partial charge in [-0.05, 0) is 62.8 Å². The molecule has 0 radical (unpaired) electrons. The van der Waals surface area contributed by atoms with Crippen molar-refractivity contribution < 1.29 is 9.78 Å². The minimum Gasteiger partial charge on any atom is -0.225 e. The molecule has 130 valence electrons. The minimum atomic E-state index is -0.524.